The molecule has 1 saturated carbocycles. The Kier molecular flexibility index (Phi) is 8.16. The lowest BCUT2D eigenvalue weighted by atomic mass is 9.73. The number of benzene rings is 1. The topological polar surface area (TPSA) is 85.4 Å². The largest absolute Gasteiger partial charge is 0.396 e. The van der Waals surface area contributed by atoms with E-state index >= 15 is 0 Å². The van der Waals surface area contributed by atoms with Gasteiger partial charge in [0.15, 0.2) is 0 Å². The van der Waals surface area contributed by atoms with Crippen molar-refractivity contribution in [3.05, 3.63) is 54.1 Å². The van der Waals surface area contributed by atoms with Crippen LogP contribution in [0.3, 0.4) is 0 Å². The average molecular weight is 464 g/mol. The number of pyridine rings is 1. The number of rotatable bonds is 8. The fraction of sp³-hybridized carbons (Fsp3) is 0.481. The van der Waals surface area contributed by atoms with E-state index in [1.807, 2.05) is 18.2 Å². The SMILES string of the molecule is CC(=N)C1C(=N)CC(c2ccc(F)cc2-c2cccnc2)CC1=NOCCCN1CCCCC1. The molecule has 7 heteroatoms. The molecule has 180 valence electrons. The van der Waals surface area contributed by atoms with Crippen molar-refractivity contribution in [2.24, 2.45) is 11.1 Å². The summed E-state index contributed by atoms with van der Waals surface area (Å²) in [5.41, 5.74) is 4.19. The van der Waals surface area contributed by atoms with Gasteiger partial charge in [-0.05, 0) is 87.4 Å². The molecule has 2 atom stereocenters. The molecule has 0 radical (unpaired) electrons. The molecule has 1 aromatic heterocycles. The molecule has 1 saturated heterocycles. The molecule has 0 bridgehead atoms. The molecule has 2 N–H and O–H groups in total. The molecule has 0 spiro atoms. The number of halogens is 1. The van der Waals surface area contributed by atoms with Crippen molar-refractivity contribution in [2.75, 3.05) is 26.2 Å². The van der Waals surface area contributed by atoms with Crippen LogP contribution in [0.5, 0.6) is 0 Å². The maximum Gasteiger partial charge on any atom is 0.123 e. The van der Waals surface area contributed by atoms with Crippen LogP contribution in [-0.4, -0.2) is 53.3 Å². The van der Waals surface area contributed by atoms with Gasteiger partial charge in [-0.25, -0.2) is 4.39 Å². The van der Waals surface area contributed by atoms with E-state index in [0.717, 1.165) is 29.7 Å². The number of nitrogens with one attached hydrogen (secondary N) is 2. The van der Waals surface area contributed by atoms with Gasteiger partial charge in [-0.15, -0.1) is 0 Å². The molecule has 2 aromatic rings. The molecule has 2 unspecified atom stereocenters. The summed E-state index contributed by atoms with van der Waals surface area (Å²) < 4.78 is 14.2. The zero-order valence-corrected chi connectivity index (χ0v) is 19.9. The highest BCUT2D eigenvalue weighted by atomic mass is 19.1. The van der Waals surface area contributed by atoms with Crippen molar-refractivity contribution in [3.8, 4) is 11.1 Å². The Balaban J connectivity index is 1.49. The average Bonchev–Trinajstić information content (AvgIpc) is 2.84. The van der Waals surface area contributed by atoms with Gasteiger partial charge in [-0.3, -0.25) is 4.98 Å². The minimum absolute atomic E-state index is 0.0328. The monoisotopic (exact) mass is 463 g/mol. The van der Waals surface area contributed by atoms with Crippen molar-refractivity contribution in [1.82, 2.24) is 9.88 Å². The fourth-order valence-electron chi connectivity index (χ4n) is 5.17. The summed E-state index contributed by atoms with van der Waals surface area (Å²) in [4.78, 5) is 12.4. The molecular formula is C27H34FN5O. The third-order valence-electron chi connectivity index (χ3n) is 6.80. The third kappa shape index (κ3) is 5.95. The van der Waals surface area contributed by atoms with Gasteiger partial charge < -0.3 is 20.6 Å². The van der Waals surface area contributed by atoms with Gasteiger partial charge in [-0.1, -0.05) is 23.7 Å². The van der Waals surface area contributed by atoms with Crippen LogP contribution in [0.1, 0.15) is 56.9 Å². The van der Waals surface area contributed by atoms with Gasteiger partial charge in [0.2, 0.25) is 0 Å². The van der Waals surface area contributed by atoms with Gasteiger partial charge >= 0.3 is 0 Å². The molecule has 1 aliphatic carbocycles. The number of piperidine rings is 1. The number of hydrogen-bond donors (Lipinski definition) is 2. The molecule has 1 aliphatic heterocycles. The predicted molar refractivity (Wildman–Crippen MR) is 135 cm³/mol. The van der Waals surface area contributed by atoms with Crippen LogP contribution in [0.15, 0.2) is 47.9 Å². The molecule has 6 nitrogen and oxygen atoms in total. The maximum absolute atomic E-state index is 14.2. The number of nitrogens with zero attached hydrogens (tertiary/aromatic N) is 3. The minimum atomic E-state index is -0.416. The van der Waals surface area contributed by atoms with Gasteiger partial charge in [-0.2, -0.15) is 0 Å². The van der Waals surface area contributed by atoms with Gasteiger partial charge in [0.25, 0.3) is 0 Å². The molecule has 2 heterocycles. The zero-order valence-electron chi connectivity index (χ0n) is 19.9. The first kappa shape index (κ1) is 24.2. The Labute approximate surface area is 201 Å². The summed E-state index contributed by atoms with van der Waals surface area (Å²) in [7, 11) is 0. The van der Waals surface area contributed by atoms with Crippen LogP contribution < -0.4 is 0 Å². The highest BCUT2D eigenvalue weighted by Crippen LogP contribution is 2.38. The number of hydrogen-bond acceptors (Lipinski definition) is 6. The second-order valence-electron chi connectivity index (χ2n) is 9.39. The van der Waals surface area contributed by atoms with E-state index < -0.39 is 5.92 Å². The van der Waals surface area contributed by atoms with E-state index in [-0.39, 0.29) is 11.7 Å². The first-order valence-electron chi connectivity index (χ1n) is 12.3. The molecular weight excluding hydrogens is 429 g/mol. The zero-order chi connectivity index (χ0) is 23.9. The van der Waals surface area contributed by atoms with E-state index in [0.29, 0.717) is 36.6 Å². The van der Waals surface area contributed by atoms with Crippen LogP contribution in [0.25, 0.3) is 11.1 Å². The van der Waals surface area contributed by atoms with Crippen molar-refractivity contribution in [3.63, 3.8) is 0 Å². The normalized spacial score (nSPS) is 22.6. The molecule has 2 aliphatic rings. The summed E-state index contributed by atoms with van der Waals surface area (Å²) in [5, 5.41) is 21.4. The highest BCUT2D eigenvalue weighted by Gasteiger charge is 2.35. The van der Waals surface area contributed by atoms with Crippen molar-refractivity contribution in [1.29, 1.82) is 10.8 Å². The van der Waals surface area contributed by atoms with Crippen LogP contribution >= 0.6 is 0 Å². The number of aromatic nitrogens is 1. The van der Waals surface area contributed by atoms with E-state index in [4.69, 9.17) is 15.7 Å². The van der Waals surface area contributed by atoms with Crippen LogP contribution in [0.2, 0.25) is 0 Å². The van der Waals surface area contributed by atoms with E-state index in [9.17, 15) is 4.39 Å². The number of likely N-dealkylation sites (tertiary alicyclic amines) is 1. The number of oxime groups is 1. The van der Waals surface area contributed by atoms with Gasteiger partial charge in [0, 0.05) is 35.9 Å². The third-order valence-corrected chi connectivity index (χ3v) is 6.80. The second kappa shape index (κ2) is 11.5. The second-order valence-corrected chi connectivity index (χ2v) is 9.39. The van der Waals surface area contributed by atoms with Crippen LogP contribution in [0.4, 0.5) is 4.39 Å². The molecule has 0 amide bonds. The van der Waals surface area contributed by atoms with E-state index in [2.05, 4.69) is 15.0 Å². The van der Waals surface area contributed by atoms with Crippen molar-refractivity contribution in [2.45, 2.75) is 51.4 Å². The summed E-state index contributed by atoms with van der Waals surface area (Å²) in [6.07, 6.45) is 9.31. The molecule has 34 heavy (non-hydrogen) atoms. The first-order chi connectivity index (χ1) is 16.5. The van der Waals surface area contributed by atoms with Gasteiger partial charge in [0.1, 0.15) is 12.4 Å². The lowest BCUT2D eigenvalue weighted by Gasteiger charge is -2.31. The summed E-state index contributed by atoms with van der Waals surface area (Å²) in [5.74, 6) is -0.747. The van der Waals surface area contributed by atoms with Gasteiger partial charge in [0.05, 0.1) is 11.6 Å². The Bertz CT molecular complexity index is 1030. The Morgan fingerprint density at radius 1 is 1.21 bits per heavy atom. The van der Waals surface area contributed by atoms with Crippen molar-refractivity contribution >= 4 is 17.1 Å². The summed E-state index contributed by atoms with van der Waals surface area (Å²) in [6, 6.07) is 8.58. The first-order valence-corrected chi connectivity index (χ1v) is 12.3. The Morgan fingerprint density at radius 2 is 2.03 bits per heavy atom. The van der Waals surface area contributed by atoms with Crippen molar-refractivity contribution < 1.29 is 9.23 Å². The quantitative estimate of drug-likeness (QED) is 0.300. The fourth-order valence-corrected chi connectivity index (χ4v) is 5.17. The lowest BCUT2D eigenvalue weighted by Crippen LogP contribution is -2.37. The molecule has 1 aromatic carbocycles. The summed E-state index contributed by atoms with van der Waals surface area (Å²) in [6.45, 7) is 5.60. The minimum Gasteiger partial charge on any atom is -0.396 e. The van der Waals surface area contributed by atoms with E-state index in [1.165, 1.54) is 44.5 Å². The Hall–Kier alpha value is -2.93. The standard InChI is InChI=1S/C27H34FN5O/c1-19(29)27-25(30)15-21(16-26(27)32-34-14-6-13-33-11-3-2-4-12-33)23-9-8-22(28)17-24(23)20-7-5-10-31-18-20/h5,7-10,17-18,21,27,29-30H,2-4,6,11-16H2,1H3. The molecule has 2 fully saturated rings. The predicted octanol–water partition coefficient (Wildman–Crippen LogP) is 5.69. The van der Waals surface area contributed by atoms with Crippen LogP contribution in [-0.2, 0) is 4.84 Å². The molecule has 4 rings (SSSR count). The highest BCUT2D eigenvalue weighted by molar-refractivity contribution is 6.23. The van der Waals surface area contributed by atoms with E-state index in [1.54, 1.807) is 19.3 Å². The summed E-state index contributed by atoms with van der Waals surface area (Å²) >= 11 is 0. The smallest absolute Gasteiger partial charge is 0.123 e. The van der Waals surface area contributed by atoms with Crippen LogP contribution in [0, 0.1) is 22.6 Å². The maximum atomic E-state index is 14.2. The lowest BCUT2D eigenvalue weighted by molar-refractivity contribution is 0.123. The Morgan fingerprint density at radius 3 is 2.76 bits per heavy atom.